The molecule has 0 aromatic heterocycles. The quantitative estimate of drug-likeness (QED) is 0.908. The maximum atomic E-state index is 12.0. The third kappa shape index (κ3) is 3.34. The number of alkyl carbamates (subject to hydrolysis) is 1. The van der Waals surface area contributed by atoms with Crippen LogP contribution in [0.4, 0.5) is 4.79 Å². The summed E-state index contributed by atoms with van der Waals surface area (Å²) in [4.78, 5) is 23.3. The molecule has 1 atom stereocenters. The number of benzene rings is 2. The zero-order chi connectivity index (χ0) is 16.2. The first-order valence-corrected chi connectivity index (χ1v) is 7.47. The lowest BCUT2D eigenvalue weighted by molar-refractivity contribution is 0.0694. The molecule has 118 valence electrons. The molecule has 1 aliphatic carbocycles. The summed E-state index contributed by atoms with van der Waals surface area (Å²) in [6.45, 7) is 0.187. The molecule has 5 heteroatoms. The van der Waals surface area contributed by atoms with E-state index in [2.05, 4.69) is 5.32 Å². The highest BCUT2D eigenvalue weighted by Gasteiger charge is 2.29. The molecule has 5 nitrogen and oxygen atoms in total. The first-order chi connectivity index (χ1) is 11.1. The molecule has 1 unspecified atom stereocenters. The van der Waals surface area contributed by atoms with Gasteiger partial charge in [-0.15, -0.1) is 0 Å². The molecule has 0 radical (unpaired) electrons. The highest BCUT2D eigenvalue weighted by Crippen LogP contribution is 2.33. The van der Waals surface area contributed by atoms with Gasteiger partial charge in [0.1, 0.15) is 6.61 Å². The molecule has 3 rings (SSSR count). The first kappa shape index (κ1) is 15.1. The number of rotatable bonds is 4. The summed E-state index contributed by atoms with van der Waals surface area (Å²) >= 11 is 0. The van der Waals surface area contributed by atoms with Crippen LogP contribution in [0.25, 0.3) is 0 Å². The molecule has 1 aliphatic rings. The lowest BCUT2D eigenvalue weighted by atomic mass is 10.0. The Morgan fingerprint density at radius 2 is 1.91 bits per heavy atom. The van der Waals surface area contributed by atoms with Gasteiger partial charge in [-0.1, -0.05) is 42.5 Å². The van der Waals surface area contributed by atoms with Gasteiger partial charge in [0.2, 0.25) is 0 Å². The topological polar surface area (TPSA) is 75.6 Å². The van der Waals surface area contributed by atoms with Crippen molar-refractivity contribution in [2.75, 3.05) is 0 Å². The Kier molecular flexibility index (Phi) is 4.28. The van der Waals surface area contributed by atoms with E-state index < -0.39 is 12.1 Å². The zero-order valence-corrected chi connectivity index (χ0v) is 12.5. The van der Waals surface area contributed by atoms with E-state index in [9.17, 15) is 14.7 Å². The smallest absolute Gasteiger partial charge is 0.407 e. The number of carbonyl (C=O) groups is 2. The summed E-state index contributed by atoms with van der Waals surface area (Å²) in [5.74, 6) is -0.979. The average molecular weight is 311 g/mol. The average Bonchev–Trinajstić information content (AvgIpc) is 2.97. The number of nitrogens with one attached hydrogen (secondary N) is 1. The van der Waals surface area contributed by atoms with Crippen molar-refractivity contribution >= 4 is 12.1 Å². The standard InChI is InChI=1S/C18H17NO4/c20-17(21)14-8-4-7-13-9-10-15(16(13)14)19-18(22)23-11-12-5-2-1-3-6-12/h1-8,15H,9-11H2,(H,19,22)(H,20,21). The Balaban J connectivity index is 1.66. The van der Waals surface area contributed by atoms with Gasteiger partial charge in [0.25, 0.3) is 0 Å². The number of hydrogen-bond acceptors (Lipinski definition) is 3. The summed E-state index contributed by atoms with van der Waals surface area (Å²) < 4.78 is 5.21. The van der Waals surface area contributed by atoms with E-state index in [1.165, 1.54) is 0 Å². The van der Waals surface area contributed by atoms with Crippen LogP contribution in [0.15, 0.2) is 48.5 Å². The molecular weight excluding hydrogens is 294 g/mol. The first-order valence-electron chi connectivity index (χ1n) is 7.47. The molecule has 0 saturated carbocycles. The van der Waals surface area contributed by atoms with Crippen LogP contribution < -0.4 is 5.32 Å². The Bertz CT molecular complexity index is 727. The fourth-order valence-electron chi connectivity index (χ4n) is 2.92. The minimum atomic E-state index is -0.979. The Morgan fingerprint density at radius 3 is 2.65 bits per heavy atom. The lowest BCUT2D eigenvalue weighted by Crippen LogP contribution is -2.28. The maximum Gasteiger partial charge on any atom is 0.407 e. The van der Waals surface area contributed by atoms with Crippen LogP contribution in [0.3, 0.4) is 0 Å². The number of fused-ring (bicyclic) bond motifs is 1. The zero-order valence-electron chi connectivity index (χ0n) is 12.5. The van der Waals surface area contributed by atoms with Crippen LogP contribution in [0.1, 0.15) is 39.5 Å². The highest BCUT2D eigenvalue weighted by molar-refractivity contribution is 5.90. The normalized spacial score (nSPS) is 15.7. The molecule has 1 amide bonds. The van der Waals surface area contributed by atoms with Gasteiger partial charge in [-0.3, -0.25) is 0 Å². The monoisotopic (exact) mass is 311 g/mol. The molecule has 2 aromatic carbocycles. The van der Waals surface area contributed by atoms with E-state index in [4.69, 9.17) is 4.74 Å². The third-order valence-electron chi connectivity index (χ3n) is 3.98. The summed E-state index contributed by atoms with van der Waals surface area (Å²) in [6, 6.07) is 14.3. The second kappa shape index (κ2) is 6.52. The lowest BCUT2D eigenvalue weighted by Gasteiger charge is -2.16. The Labute approximate surface area is 133 Å². The minimum Gasteiger partial charge on any atom is -0.478 e. The van der Waals surface area contributed by atoms with Crippen molar-refractivity contribution in [3.63, 3.8) is 0 Å². The van der Waals surface area contributed by atoms with Crippen molar-refractivity contribution in [3.8, 4) is 0 Å². The molecule has 2 aromatic rings. The van der Waals surface area contributed by atoms with E-state index in [1.54, 1.807) is 12.1 Å². The van der Waals surface area contributed by atoms with Crippen LogP contribution in [0, 0.1) is 0 Å². The number of ether oxygens (including phenoxy) is 1. The molecule has 0 fully saturated rings. The van der Waals surface area contributed by atoms with E-state index in [-0.39, 0.29) is 18.2 Å². The predicted octanol–water partition coefficient (Wildman–Crippen LogP) is 3.30. The molecule has 0 heterocycles. The third-order valence-corrected chi connectivity index (χ3v) is 3.98. The summed E-state index contributed by atoms with van der Waals surface area (Å²) in [5, 5.41) is 12.1. The number of aromatic carboxylic acids is 1. The van der Waals surface area contributed by atoms with Crippen molar-refractivity contribution in [2.24, 2.45) is 0 Å². The van der Waals surface area contributed by atoms with Gasteiger partial charge < -0.3 is 15.2 Å². The number of carboxylic acid groups (broad SMARTS) is 1. The number of carboxylic acids is 1. The van der Waals surface area contributed by atoms with E-state index in [0.717, 1.165) is 17.5 Å². The number of hydrogen-bond donors (Lipinski definition) is 2. The summed E-state index contributed by atoms with van der Waals surface area (Å²) in [6.07, 6.45) is 0.895. The van der Waals surface area contributed by atoms with Crippen molar-refractivity contribution in [1.82, 2.24) is 5.32 Å². The summed E-state index contributed by atoms with van der Waals surface area (Å²) in [5.41, 5.74) is 2.81. The predicted molar refractivity (Wildman–Crippen MR) is 84.2 cm³/mol. The Hall–Kier alpha value is -2.82. The van der Waals surface area contributed by atoms with Crippen molar-refractivity contribution in [1.29, 1.82) is 0 Å². The number of amides is 1. The Morgan fingerprint density at radius 1 is 1.13 bits per heavy atom. The van der Waals surface area contributed by atoms with Crippen molar-refractivity contribution < 1.29 is 19.4 Å². The van der Waals surface area contributed by atoms with Crippen molar-refractivity contribution in [3.05, 3.63) is 70.8 Å². The fraction of sp³-hybridized carbons (Fsp3) is 0.222. The van der Waals surface area contributed by atoms with Crippen LogP contribution >= 0.6 is 0 Å². The molecule has 23 heavy (non-hydrogen) atoms. The van der Waals surface area contributed by atoms with Crippen LogP contribution in [-0.2, 0) is 17.8 Å². The fourth-order valence-corrected chi connectivity index (χ4v) is 2.92. The van der Waals surface area contributed by atoms with Crippen LogP contribution in [-0.4, -0.2) is 17.2 Å². The van der Waals surface area contributed by atoms with Gasteiger partial charge >= 0.3 is 12.1 Å². The molecule has 2 N–H and O–H groups in total. The molecule has 0 spiro atoms. The molecule has 0 bridgehead atoms. The second-order valence-corrected chi connectivity index (χ2v) is 5.48. The highest BCUT2D eigenvalue weighted by atomic mass is 16.5. The van der Waals surface area contributed by atoms with Gasteiger partial charge in [-0.05, 0) is 35.6 Å². The minimum absolute atomic E-state index is 0.187. The van der Waals surface area contributed by atoms with Crippen LogP contribution in [0.5, 0.6) is 0 Å². The van der Waals surface area contributed by atoms with Gasteiger partial charge in [0.15, 0.2) is 0 Å². The summed E-state index contributed by atoms with van der Waals surface area (Å²) in [7, 11) is 0. The van der Waals surface area contributed by atoms with Gasteiger partial charge in [-0.2, -0.15) is 0 Å². The van der Waals surface area contributed by atoms with E-state index >= 15 is 0 Å². The maximum absolute atomic E-state index is 12.0. The number of carbonyl (C=O) groups excluding carboxylic acids is 1. The van der Waals surface area contributed by atoms with Gasteiger partial charge in [-0.25, -0.2) is 9.59 Å². The number of aryl methyl sites for hydroxylation is 1. The van der Waals surface area contributed by atoms with Crippen molar-refractivity contribution in [2.45, 2.75) is 25.5 Å². The van der Waals surface area contributed by atoms with E-state index in [1.807, 2.05) is 36.4 Å². The largest absolute Gasteiger partial charge is 0.478 e. The second-order valence-electron chi connectivity index (χ2n) is 5.48. The van der Waals surface area contributed by atoms with Crippen LogP contribution in [0.2, 0.25) is 0 Å². The molecular formula is C18H17NO4. The van der Waals surface area contributed by atoms with Gasteiger partial charge in [0.05, 0.1) is 11.6 Å². The van der Waals surface area contributed by atoms with Gasteiger partial charge in [0, 0.05) is 0 Å². The molecule has 0 aliphatic heterocycles. The van der Waals surface area contributed by atoms with E-state index in [0.29, 0.717) is 12.0 Å². The SMILES string of the molecule is O=C(NC1CCc2cccc(C(=O)O)c21)OCc1ccccc1. The molecule has 0 saturated heterocycles.